The van der Waals surface area contributed by atoms with Crippen LogP contribution in [0.5, 0.6) is 0 Å². The van der Waals surface area contributed by atoms with E-state index < -0.39 is 0 Å². The number of thiazole rings is 1. The number of carbonyl (C=O) groups excluding carboxylic acids is 1. The summed E-state index contributed by atoms with van der Waals surface area (Å²) in [5, 5.41) is 15.7. The Kier molecular flexibility index (Phi) is 6.48. The Hall–Kier alpha value is -2.68. The lowest BCUT2D eigenvalue weighted by molar-refractivity contribution is -0.113. The van der Waals surface area contributed by atoms with E-state index in [0.29, 0.717) is 22.0 Å². The molecule has 1 N–H and O–H groups in total. The average Bonchev–Trinajstić information content (AvgIpc) is 3.30. The quantitative estimate of drug-likeness (QED) is 0.300. The SMILES string of the molecule is CCn1c(SCC(=O)Nc2nc(-c3ccc(Cl)cc3)cs2)nnc1C1CC1c1ccccc1. The number of anilines is 1. The summed E-state index contributed by atoms with van der Waals surface area (Å²) < 4.78 is 2.13. The van der Waals surface area contributed by atoms with Crippen LogP contribution in [0.1, 0.15) is 36.6 Å². The summed E-state index contributed by atoms with van der Waals surface area (Å²) in [5.74, 6) is 2.05. The Morgan fingerprint density at radius 3 is 2.70 bits per heavy atom. The van der Waals surface area contributed by atoms with Gasteiger partial charge in [0.2, 0.25) is 5.91 Å². The zero-order chi connectivity index (χ0) is 22.8. The van der Waals surface area contributed by atoms with Gasteiger partial charge in [0.05, 0.1) is 11.4 Å². The fraction of sp³-hybridized carbons (Fsp3) is 0.250. The predicted octanol–water partition coefficient (Wildman–Crippen LogP) is 6.08. The van der Waals surface area contributed by atoms with Crippen molar-refractivity contribution in [2.45, 2.75) is 36.9 Å². The van der Waals surface area contributed by atoms with Crippen LogP contribution in [0.25, 0.3) is 11.3 Å². The van der Waals surface area contributed by atoms with Crippen molar-refractivity contribution in [2.24, 2.45) is 0 Å². The van der Waals surface area contributed by atoms with Gasteiger partial charge in [-0.05, 0) is 37.0 Å². The number of benzene rings is 2. The molecule has 1 amide bonds. The van der Waals surface area contributed by atoms with Crippen LogP contribution in [0.15, 0.2) is 65.1 Å². The van der Waals surface area contributed by atoms with Gasteiger partial charge in [0.25, 0.3) is 0 Å². The molecule has 33 heavy (non-hydrogen) atoms. The van der Waals surface area contributed by atoms with Gasteiger partial charge < -0.3 is 9.88 Å². The molecule has 2 heterocycles. The number of thioether (sulfide) groups is 1. The van der Waals surface area contributed by atoms with Gasteiger partial charge in [-0.25, -0.2) is 4.98 Å². The lowest BCUT2D eigenvalue weighted by Crippen LogP contribution is -2.14. The molecule has 0 aliphatic heterocycles. The smallest absolute Gasteiger partial charge is 0.236 e. The molecule has 2 aromatic carbocycles. The largest absolute Gasteiger partial charge is 0.306 e. The van der Waals surface area contributed by atoms with Gasteiger partial charge in [-0.15, -0.1) is 21.5 Å². The van der Waals surface area contributed by atoms with Gasteiger partial charge >= 0.3 is 0 Å². The highest BCUT2D eigenvalue weighted by Gasteiger charge is 2.43. The van der Waals surface area contributed by atoms with E-state index in [1.165, 1.54) is 28.7 Å². The molecule has 1 saturated carbocycles. The van der Waals surface area contributed by atoms with Crippen molar-refractivity contribution in [3.8, 4) is 11.3 Å². The maximum Gasteiger partial charge on any atom is 0.236 e. The lowest BCUT2D eigenvalue weighted by atomic mass is 10.1. The third kappa shape index (κ3) is 4.98. The first kappa shape index (κ1) is 22.1. The predicted molar refractivity (Wildman–Crippen MR) is 134 cm³/mol. The second kappa shape index (κ2) is 9.67. The first-order valence-corrected chi connectivity index (χ1v) is 13.0. The molecule has 9 heteroatoms. The minimum absolute atomic E-state index is 0.113. The number of rotatable bonds is 8. The highest BCUT2D eigenvalue weighted by atomic mass is 35.5. The van der Waals surface area contributed by atoms with Crippen molar-refractivity contribution in [2.75, 3.05) is 11.1 Å². The van der Waals surface area contributed by atoms with E-state index in [1.54, 1.807) is 0 Å². The lowest BCUT2D eigenvalue weighted by Gasteiger charge is -2.07. The molecule has 2 aromatic heterocycles. The minimum atomic E-state index is -0.113. The monoisotopic (exact) mass is 495 g/mol. The summed E-state index contributed by atoms with van der Waals surface area (Å²) in [6.45, 7) is 2.87. The molecule has 1 fully saturated rings. The Morgan fingerprint density at radius 1 is 1.15 bits per heavy atom. The molecule has 0 spiro atoms. The first-order chi connectivity index (χ1) is 16.1. The van der Waals surface area contributed by atoms with Crippen molar-refractivity contribution < 1.29 is 4.79 Å². The highest BCUT2D eigenvalue weighted by Crippen LogP contribution is 2.54. The molecule has 1 aliphatic carbocycles. The van der Waals surface area contributed by atoms with Gasteiger partial charge in [-0.2, -0.15) is 0 Å². The van der Waals surface area contributed by atoms with E-state index in [-0.39, 0.29) is 11.7 Å². The number of hydrogen-bond donors (Lipinski definition) is 1. The van der Waals surface area contributed by atoms with Crippen LogP contribution in [0.3, 0.4) is 0 Å². The van der Waals surface area contributed by atoms with Crippen molar-refractivity contribution in [3.63, 3.8) is 0 Å². The van der Waals surface area contributed by atoms with Gasteiger partial charge in [-0.1, -0.05) is 65.8 Å². The first-order valence-electron chi connectivity index (χ1n) is 10.7. The standard InChI is InChI=1S/C24H22ClN5OS2/c1-2-30-22(19-12-18(19)15-6-4-3-5-7-15)28-29-24(30)33-14-21(31)27-23-26-20(13-32-23)16-8-10-17(25)11-9-16/h3-11,13,18-19H,2,12,14H2,1H3,(H,26,27,31). The molecule has 168 valence electrons. The number of amides is 1. The van der Waals surface area contributed by atoms with Crippen LogP contribution >= 0.6 is 34.7 Å². The summed E-state index contributed by atoms with van der Waals surface area (Å²) in [7, 11) is 0. The van der Waals surface area contributed by atoms with E-state index in [9.17, 15) is 4.79 Å². The molecule has 6 nitrogen and oxygen atoms in total. The van der Waals surface area contributed by atoms with E-state index in [0.717, 1.165) is 35.2 Å². The second-order valence-electron chi connectivity index (χ2n) is 7.83. The Labute approximate surface area is 205 Å². The average molecular weight is 496 g/mol. The molecular weight excluding hydrogens is 474 g/mol. The van der Waals surface area contributed by atoms with Gasteiger partial charge in [0.15, 0.2) is 10.3 Å². The summed E-state index contributed by atoms with van der Waals surface area (Å²) in [5.41, 5.74) is 3.12. The maximum atomic E-state index is 12.5. The summed E-state index contributed by atoms with van der Waals surface area (Å²) in [4.78, 5) is 17.0. The van der Waals surface area contributed by atoms with Gasteiger partial charge in [0, 0.05) is 28.4 Å². The Bertz CT molecular complexity index is 1260. The molecule has 0 radical (unpaired) electrons. The Balaban J connectivity index is 1.19. The molecule has 4 aromatic rings. The normalized spacial score (nSPS) is 17.2. The molecule has 2 atom stereocenters. The summed E-state index contributed by atoms with van der Waals surface area (Å²) in [6, 6.07) is 18.0. The zero-order valence-electron chi connectivity index (χ0n) is 17.9. The molecular formula is C24H22ClN5OS2. The van der Waals surface area contributed by atoms with Crippen LogP contribution in [0.2, 0.25) is 5.02 Å². The topological polar surface area (TPSA) is 72.7 Å². The van der Waals surface area contributed by atoms with Crippen molar-refractivity contribution in [3.05, 3.63) is 76.4 Å². The highest BCUT2D eigenvalue weighted by molar-refractivity contribution is 7.99. The van der Waals surface area contributed by atoms with E-state index >= 15 is 0 Å². The second-order valence-corrected chi connectivity index (χ2v) is 10.1. The molecule has 0 saturated heterocycles. The van der Waals surface area contributed by atoms with E-state index in [1.807, 2.05) is 35.7 Å². The molecule has 0 bridgehead atoms. The Morgan fingerprint density at radius 2 is 1.94 bits per heavy atom. The number of halogens is 1. The molecule has 1 aliphatic rings. The van der Waals surface area contributed by atoms with E-state index in [2.05, 4.69) is 56.3 Å². The number of hydrogen-bond acceptors (Lipinski definition) is 6. The van der Waals surface area contributed by atoms with Gasteiger partial charge in [-0.3, -0.25) is 4.79 Å². The fourth-order valence-corrected chi connectivity index (χ4v) is 5.57. The summed E-state index contributed by atoms with van der Waals surface area (Å²) >= 11 is 8.76. The molecule has 2 unspecified atom stereocenters. The van der Waals surface area contributed by atoms with Crippen molar-refractivity contribution in [1.82, 2.24) is 19.7 Å². The van der Waals surface area contributed by atoms with Crippen LogP contribution < -0.4 is 5.32 Å². The summed E-state index contributed by atoms with van der Waals surface area (Å²) in [6.07, 6.45) is 1.09. The minimum Gasteiger partial charge on any atom is -0.306 e. The fourth-order valence-electron chi connectivity index (χ4n) is 3.90. The van der Waals surface area contributed by atoms with Crippen molar-refractivity contribution >= 4 is 45.7 Å². The number of nitrogens with zero attached hydrogens (tertiary/aromatic N) is 4. The number of nitrogens with one attached hydrogen (secondary N) is 1. The van der Waals surface area contributed by atoms with Gasteiger partial charge in [0.1, 0.15) is 5.82 Å². The number of aromatic nitrogens is 4. The zero-order valence-corrected chi connectivity index (χ0v) is 20.3. The van der Waals surface area contributed by atoms with Crippen molar-refractivity contribution in [1.29, 1.82) is 0 Å². The van der Waals surface area contributed by atoms with Crippen LogP contribution in [-0.2, 0) is 11.3 Å². The van der Waals surface area contributed by atoms with Crippen LogP contribution in [-0.4, -0.2) is 31.4 Å². The van der Waals surface area contributed by atoms with E-state index in [4.69, 9.17) is 11.6 Å². The molecule has 5 rings (SSSR count). The third-order valence-corrected chi connectivity index (χ3v) is 7.61. The maximum absolute atomic E-state index is 12.5. The third-order valence-electron chi connectivity index (χ3n) is 5.63. The van der Waals surface area contributed by atoms with Crippen LogP contribution in [0, 0.1) is 0 Å². The number of carbonyl (C=O) groups is 1. The van der Waals surface area contributed by atoms with Crippen LogP contribution in [0.4, 0.5) is 5.13 Å².